The van der Waals surface area contributed by atoms with Crippen LogP contribution in [0.4, 0.5) is 34.1 Å². The number of hydrogen-bond donors (Lipinski definition) is 0. The molecule has 0 unspecified atom stereocenters. The van der Waals surface area contributed by atoms with Crippen molar-refractivity contribution < 1.29 is 31.4 Å². The summed E-state index contributed by atoms with van der Waals surface area (Å²) in [6.07, 6.45) is 0. The van der Waals surface area contributed by atoms with Crippen molar-refractivity contribution >= 4 is 109 Å². The molecule has 0 amide bonds. The predicted octanol–water partition coefficient (Wildman–Crippen LogP) is 20.1. The maximum atomic E-state index is 12.0. The SMILES string of the molecule is [2H]c1c([2H])c([2H])c2c(c1[2H])Oc1c([2H])c3c(c4c1B2c1c([2H])c([2H])c([2H])c([2H])c1O4)B1c2c(cc(C(C)(C)C)cc2N3c2c(-c3ccccc3)cc(C(C)(C)C)cc2-c2ccccc2)N(c2c(-c3ccccc3)cc(C(C)(C)C)cc2-c2ccccc2)c2c([2H])c([2H])c(-c3c([2H])c([2H])c([Si](c4ccccc4)(c4ccccc4)c4ccccc4)c([2H])c3[2H])c([2H])c21. The van der Waals surface area contributed by atoms with Gasteiger partial charge in [-0.15, -0.1) is 0 Å². The van der Waals surface area contributed by atoms with Crippen LogP contribution in [-0.2, 0) is 16.2 Å². The highest BCUT2D eigenvalue weighted by atomic mass is 28.3. The maximum absolute atomic E-state index is 12.0. The van der Waals surface area contributed by atoms with Gasteiger partial charge in [0.15, 0.2) is 8.07 Å². The number of ether oxygens (including phenoxy) is 2. The van der Waals surface area contributed by atoms with Gasteiger partial charge >= 0.3 is 0 Å². The van der Waals surface area contributed by atoms with Crippen molar-refractivity contribution in [1.29, 1.82) is 0 Å². The molecule has 7 heteroatoms. The van der Waals surface area contributed by atoms with E-state index in [9.17, 15) is 21.9 Å². The number of para-hydroxylation sites is 2. The van der Waals surface area contributed by atoms with E-state index in [1.807, 2.05) is 222 Å². The number of fused-ring (bicyclic) bond motifs is 9. The third-order valence-electron chi connectivity index (χ3n) is 22.1. The average molecular weight is 1440 g/mol. The summed E-state index contributed by atoms with van der Waals surface area (Å²) in [5, 5.41) is 2.41. The number of hydrogen-bond acceptors (Lipinski definition) is 4. The molecule has 15 aromatic carbocycles. The Morgan fingerprint density at radius 3 is 1.07 bits per heavy atom. The third-order valence-corrected chi connectivity index (χ3v) is 26.7. The topological polar surface area (TPSA) is 24.9 Å². The molecular formula is C102H84B2N2O2Si. The standard InChI is InChI=1S/C102H84B2N2O2Si/c1-100(2,3)73-60-80(68-35-17-10-18-36-68)97(81(61-73)69-37-19-11-20-38-69)105-87-58-55-72(67-53-56-79(57-54-67)109(76-43-25-14-26-44-76,77-45-27-15-28-46-77)78-47-29-16-30-48-78)59-86(87)104-94-88(105)64-75(102(7,8)9)65-89(94)106(98-82(70-39-21-12-22-40-70)62-74(101(4,5)6)63-83(98)71-41-23-13-24-42-71)90-66-93-96-99(95(90)104)108-92-52-34-32-50-85(92)103(96)84-49-31-33-51-91(84)107-93/h10-66H,1-9H3/i31D,32D,33D,34D,49D,50D,51D,52D,53D,54D,55D,56D,57D,58D,59D,66D. The molecular weight excluding hydrogens is 1330 g/mol. The molecule has 0 spiro atoms. The highest BCUT2D eigenvalue weighted by Crippen LogP contribution is 2.56. The zero-order chi connectivity index (χ0) is 88.0. The van der Waals surface area contributed by atoms with Gasteiger partial charge in [-0.25, -0.2) is 0 Å². The minimum Gasteiger partial charge on any atom is -0.459 e. The summed E-state index contributed by atoms with van der Waals surface area (Å²) < 4.78 is 182. The Kier molecular flexibility index (Phi) is 12.4. The highest BCUT2D eigenvalue weighted by Gasteiger charge is 2.52. The lowest BCUT2D eigenvalue weighted by molar-refractivity contribution is 0.467. The summed E-state index contributed by atoms with van der Waals surface area (Å²) in [6.45, 7) is 16.0. The second kappa shape index (κ2) is 26.1. The van der Waals surface area contributed by atoms with E-state index in [4.69, 9.17) is 9.47 Å². The van der Waals surface area contributed by atoms with Crippen LogP contribution < -0.4 is 72.8 Å². The lowest BCUT2D eigenvalue weighted by atomic mass is 9.30. The number of rotatable bonds is 11. The van der Waals surface area contributed by atoms with E-state index in [1.54, 1.807) is 0 Å². The number of nitrogens with zero attached hydrogens (tertiary/aromatic N) is 2. The molecule has 0 atom stereocenters. The lowest BCUT2D eigenvalue weighted by Gasteiger charge is -2.48. The Morgan fingerprint density at radius 1 is 0.294 bits per heavy atom. The molecule has 0 N–H and O–H groups in total. The van der Waals surface area contributed by atoms with Gasteiger partial charge in [-0.3, -0.25) is 0 Å². The molecule has 15 aromatic rings. The number of benzene rings is 15. The van der Waals surface area contributed by atoms with Crippen LogP contribution in [0.3, 0.4) is 0 Å². The van der Waals surface area contributed by atoms with Crippen LogP contribution in [0.2, 0.25) is 0 Å². The molecule has 4 nitrogen and oxygen atoms in total. The van der Waals surface area contributed by atoms with Crippen molar-refractivity contribution in [2.24, 2.45) is 0 Å². The summed E-state index contributed by atoms with van der Waals surface area (Å²) in [5.74, 6) is -1.24. The van der Waals surface area contributed by atoms with Crippen LogP contribution in [0.5, 0.6) is 23.0 Å². The molecule has 0 aromatic heterocycles. The van der Waals surface area contributed by atoms with Crippen LogP contribution in [-0.4, -0.2) is 21.5 Å². The van der Waals surface area contributed by atoms with Crippen molar-refractivity contribution in [3.63, 3.8) is 0 Å². The minimum absolute atomic E-state index is 0.0163. The Hall–Kier alpha value is -12.2. The molecule has 0 radical (unpaired) electrons. The van der Waals surface area contributed by atoms with Gasteiger partial charge in [-0.05, 0) is 169 Å². The van der Waals surface area contributed by atoms with Crippen molar-refractivity contribution in [3.8, 4) is 78.6 Å². The fourth-order valence-electron chi connectivity index (χ4n) is 16.7. The van der Waals surface area contributed by atoms with Gasteiger partial charge in [0.25, 0.3) is 13.4 Å². The zero-order valence-corrected chi connectivity index (χ0v) is 63.0. The summed E-state index contributed by atoms with van der Waals surface area (Å²) in [4.78, 5) is 4.05. The van der Waals surface area contributed by atoms with E-state index < -0.39 is 145 Å². The number of anilines is 6. The fraction of sp³-hybridized carbons (Fsp3) is 0.118. The summed E-state index contributed by atoms with van der Waals surface area (Å²) >= 11 is 0. The molecule has 0 fully saturated rings. The first-order valence-corrected chi connectivity index (χ1v) is 39.2. The van der Waals surface area contributed by atoms with Gasteiger partial charge in [0.2, 0.25) is 0 Å². The van der Waals surface area contributed by atoms with Crippen molar-refractivity contribution in [3.05, 3.63) is 362 Å². The van der Waals surface area contributed by atoms with Crippen LogP contribution in [0.15, 0.2) is 345 Å². The van der Waals surface area contributed by atoms with Gasteiger partial charge in [-0.1, -0.05) is 347 Å². The first-order valence-electron chi connectivity index (χ1n) is 45.2. The Balaban J connectivity index is 1.07. The zero-order valence-electron chi connectivity index (χ0n) is 78.0. The smallest absolute Gasteiger partial charge is 0.260 e. The molecule has 524 valence electrons. The van der Waals surface area contributed by atoms with Crippen molar-refractivity contribution in [2.45, 2.75) is 78.6 Å². The third kappa shape index (κ3) is 11.2. The van der Waals surface area contributed by atoms with Crippen molar-refractivity contribution in [2.75, 3.05) is 9.80 Å². The van der Waals surface area contributed by atoms with E-state index in [2.05, 4.69) is 98.7 Å². The molecule has 4 heterocycles. The van der Waals surface area contributed by atoms with Gasteiger partial charge in [0.05, 0.1) is 33.3 Å². The Bertz CT molecular complexity index is 6790. The maximum Gasteiger partial charge on any atom is 0.260 e. The van der Waals surface area contributed by atoms with Crippen LogP contribution >= 0.6 is 0 Å². The minimum atomic E-state index is -3.97. The van der Waals surface area contributed by atoms with E-state index in [0.29, 0.717) is 50.5 Å². The first kappa shape index (κ1) is 52.0. The quantitative estimate of drug-likeness (QED) is 0.0952. The molecule has 4 aliphatic heterocycles. The fourth-order valence-corrected chi connectivity index (χ4v) is 21.1. The normalized spacial score (nSPS) is 15.3. The molecule has 0 aliphatic carbocycles. The van der Waals surface area contributed by atoms with E-state index >= 15 is 0 Å². The average Bonchev–Trinajstić information content (AvgIpc) is 0.661. The Morgan fingerprint density at radius 2 is 0.661 bits per heavy atom. The molecule has 4 aliphatic rings. The van der Waals surface area contributed by atoms with Crippen LogP contribution in [0.25, 0.3) is 55.6 Å². The molecule has 0 bridgehead atoms. The Labute approximate surface area is 666 Å². The predicted molar refractivity (Wildman–Crippen MR) is 465 cm³/mol. The first-order chi connectivity index (χ1) is 59.7. The lowest BCUT2D eigenvalue weighted by Crippen LogP contribution is -2.74. The molecule has 0 saturated carbocycles. The van der Waals surface area contributed by atoms with E-state index in [0.717, 1.165) is 54.5 Å². The highest BCUT2D eigenvalue weighted by molar-refractivity contribution is 7.20. The van der Waals surface area contributed by atoms with Crippen LogP contribution in [0, 0.1) is 0 Å². The summed E-state index contributed by atoms with van der Waals surface area (Å²) in [6, 6.07) is 72.3. The molecule has 19 rings (SSSR count). The molecule has 0 saturated heterocycles. The second-order valence-corrected chi connectivity index (χ2v) is 35.5. The van der Waals surface area contributed by atoms with E-state index in [-0.39, 0.29) is 67.2 Å². The van der Waals surface area contributed by atoms with E-state index in [1.165, 1.54) is 0 Å². The summed E-state index contributed by atoms with van der Waals surface area (Å²) in [5.41, 5.74) is 7.74. The van der Waals surface area contributed by atoms with Gasteiger partial charge in [-0.2, -0.15) is 0 Å². The second-order valence-electron chi connectivity index (χ2n) is 31.8. The molecule has 109 heavy (non-hydrogen) atoms. The van der Waals surface area contributed by atoms with Crippen molar-refractivity contribution in [1.82, 2.24) is 0 Å². The largest absolute Gasteiger partial charge is 0.459 e. The van der Waals surface area contributed by atoms with Gasteiger partial charge in [0, 0.05) is 56.5 Å². The van der Waals surface area contributed by atoms with Gasteiger partial charge in [0.1, 0.15) is 23.0 Å². The monoisotopic (exact) mass is 1430 g/mol. The van der Waals surface area contributed by atoms with Crippen LogP contribution in [0.1, 0.15) is 101 Å². The van der Waals surface area contributed by atoms with Gasteiger partial charge < -0.3 is 19.3 Å². The summed E-state index contributed by atoms with van der Waals surface area (Å²) in [7, 11) is -3.97.